The zero-order valence-corrected chi connectivity index (χ0v) is 10.6. The molecule has 0 radical (unpaired) electrons. The van der Waals surface area contributed by atoms with Crippen LogP contribution in [0.4, 0.5) is 14.5 Å². The second-order valence-electron chi connectivity index (χ2n) is 4.11. The summed E-state index contributed by atoms with van der Waals surface area (Å²) in [6.07, 6.45) is 0. The fraction of sp³-hybridized carbons (Fsp3) is 0.0769. The molecule has 0 saturated heterocycles. The van der Waals surface area contributed by atoms with Crippen molar-refractivity contribution in [2.24, 2.45) is 0 Å². The van der Waals surface area contributed by atoms with Gasteiger partial charge in [0.25, 0.3) is 0 Å². The van der Waals surface area contributed by atoms with Crippen LogP contribution < -0.4 is 5.73 Å². The second-order valence-corrected chi connectivity index (χ2v) is 6.10. The summed E-state index contributed by atoms with van der Waals surface area (Å²) < 4.78 is 50.0. The van der Waals surface area contributed by atoms with E-state index in [9.17, 15) is 17.2 Å². The minimum atomic E-state index is -3.71. The first-order chi connectivity index (χ1) is 8.87. The highest BCUT2D eigenvalue weighted by molar-refractivity contribution is 7.90. The standard InChI is InChI=1S/C13H11F2NO2S/c14-10-3-1-9(2-4-10)8-19(17,18)13-6-11(15)5-12(16)7-13/h1-7H,8,16H2. The molecule has 0 bridgehead atoms. The Bertz CT molecular complexity index is 677. The maximum atomic E-state index is 13.2. The molecule has 2 aromatic carbocycles. The molecule has 0 saturated carbocycles. The van der Waals surface area contributed by atoms with Crippen molar-refractivity contribution in [3.63, 3.8) is 0 Å². The first-order valence-corrected chi connectivity index (χ1v) is 7.05. The number of nitrogens with two attached hydrogens (primary N) is 1. The zero-order chi connectivity index (χ0) is 14.0. The van der Waals surface area contributed by atoms with Crippen LogP contribution in [0.3, 0.4) is 0 Å². The molecule has 0 heterocycles. The SMILES string of the molecule is Nc1cc(F)cc(S(=O)(=O)Cc2ccc(F)cc2)c1. The van der Waals surface area contributed by atoms with Crippen molar-refractivity contribution in [2.45, 2.75) is 10.6 Å². The number of hydrogen-bond acceptors (Lipinski definition) is 3. The van der Waals surface area contributed by atoms with Crippen molar-refractivity contribution >= 4 is 15.5 Å². The average molecular weight is 283 g/mol. The van der Waals surface area contributed by atoms with Crippen molar-refractivity contribution in [3.05, 3.63) is 59.7 Å². The Kier molecular flexibility index (Phi) is 3.53. The molecule has 100 valence electrons. The molecule has 0 aliphatic carbocycles. The molecule has 0 aliphatic heterocycles. The summed E-state index contributed by atoms with van der Waals surface area (Å²) >= 11 is 0. The molecule has 0 aromatic heterocycles. The van der Waals surface area contributed by atoms with Gasteiger partial charge < -0.3 is 5.73 Å². The fourth-order valence-electron chi connectivity index (χ4n) is 1.65. The summed E-state index contributed by atoms with van der Waals surface area (Å²) in [6, 6.07) is 8.23. The summed E-state index contributed by atoms with van der Waals surface area (Å²) in [5.41, 5.74) is 5.88. The Labute approximate surface area is 109 Å². The third-order valence-electron chi connectivity index (χ3n) is 2.52. The van der Waals surface area contributed by atoms with Crippen molar-refractivity contribution in [1.29, 1.82) is 0 Å². The fourth-order valence-corrected chi connectivity index (χ4v) is 3.05. The Hall–Kier alpha value is -1.95. The number of rotatable bonds is 3. The maximum absolute atomic E-state index is 13.2. The van der Waals surface area contributed by atoms with Gasteiger partial charge in [-0.3, -0.25) is 0 Å². The number of hydrogen-bond donors (Lipinski definition) is 1. The minimum Gasteiger partial charge on any atom is -0.399 e. The highest BCUT2D eigenvalue weighted by atomic mass is 32.2. The van der Waals surface area contributed by atoms with Crippen molar-refractivity contribution in [3.8, 4) is 0 Å². The largest absolute Gasteiger partial charge is 0.399 e. The summed E-state index contributed by atoms with van der Waals surface area (Å²) in [6.45, 7) is 0. The summed E-state index contributed by atoms with van der Waals surface area (Å²) in [4.78, 5) is -0.186. The third kappa shape index (κ3) is 3.29. The van der Waals surface area contributed by atoms with Crippen LogP contribution in [0.5, 0.6) is 0 Å². The van der Waals surface area contributed by atoms with Crippen LogP contribution >= 0.6 is 0 Å². The van der Waals surface area contributed by atoms with E-state index in [-0.39, 0.29) is 16.3 Å². The van der Waals surface area contributed by atoms with Gasteiger partial charge in [0, 0.05) is 5.69 Å². The van der Waals surface area contributed by atoms with Gasteiger partial charge in [-0.05, 0) is 35.9 Å². The normalized spacial score (nSPS) is 11.5. The molecule has 0 fully saturated rings. The molecular weight excluding hydrogens is 272 g/mol. The molecule has 19 heavy (non-hydrogen) atoms. The third-order valence-corrected chi connectivity index (χ3v) is 4.19. The van der Waals surface area contributed by atoms with E-state index in [4.69, 9.17) is 5.73 Å². The lowest BCUT2D eigenvalue weighted by Gasteiger charge is -2.06. The number of halogens is 2. The molecule has 0 atom stereocenters. The van der Waals surface area contributed by atoms with E-state index in [0.29, 0.717) is 5.56 Å². The lowest BCUT2D eigenvalue weighted by atomic mass is 10.2. The van der Waals surface area contributed by atoms with Gasteiger partial charge in [0.2, 0.25) is 0 Å². The molecule has 3 nitrogen and oxygen atoms in total. The van der Waals surface area contributed by atoms with Crippen molar-refractivity contribution in [2.75, 3.05) is 5.73 Å². The average Bonchev–Trinajstić information content (AvgIpc) is 2.31. The molecule has 0 unspecified atom stereocenters. The van der Waals surface area contributed by atoms with Gasteiger partial charge >= 0.3 is 0 Å². The van der Waals surface area contributed by atoms with Crippen molar-refractivity contribution < 1.29 is 17.2 Å². The molecule has 2 N–H and O–H groups in total. The van der Waals surface area contributed by atoms with Crippen LogP contribution in [-0.4, -0.2) is 8.42 Å². The summed E-state index contributed by atoms with van der Waals surface area (Å²) in [7, 11) is -3.71. The van der Waals surface area contributed by atoms with Gasteiger partial charge in [-0.25, -0.2) is 17.2 Å². The van der Waals surface area contributed by atoms with Crippen LogP contribution in [0.1, 0.15) is 5.56 Å². The Morgan fingerprint density at radius 3 is 2.16 bits per heavy atom. The van der Waals surface area contributed by atoms with E-state index >= 15 is 0 Å². The monoisotopic (exact) mass is 283 g/mol. The van der Waals surface area contributed by atoms with E-state index in [2.05, 4.69) is 0 Å². The second kappa shape index (κ2) is 4.97. The van der Waals surface area contributed by atoms with Crippen LogP contribution in [0, 0.1) is 11.6 Å². The summed E-state index contributed by atoms with van der Waals surface area (Å²) in [5, 5.41) is 0. The Morgan fingerprint density at radius 1 is 0.947 bits per heavy atom. The van der Waals surface area contributed by atoms with E-state index in [1.54, 1.807) is 0 Å². The summed E-state index contributed by atoms with van der Waals surface area (Å²) in [5.74, 6) is -1.50. The maximum Gasteiger partial charge on any atom is 0.182 e. The number of nitrogen functional groups attached to an aromatic ring is 1. The van der Waals surface area contributed by atoms with Gasteiger partial charge in [0.1, 0.15) is 11.6 Å². The molecule has 2 rings (SSSR count). The Balaban J connectivity index is 2.34. The quantitative estimate of drug-likeness (QED) is 0.880. The highest BCUT2D eigenvalue weighted by Crippen LogP contribution is 2.20. The number of anilines is 1. The van der Waals surface area contributed by atoms with Gasteiger partial charge in [-0.2, -0.15) is 0 Å². The van der Waals surface area contributed by atoms with Crippen LogP contribution in [0.25, 0.3) is 0 Å². The minimum absolute atomic E-state index is 0.0395. The van der Waals surface area contributed by atoms with Gasteiger partial charge in [-0.15, -0.1) is 0 Å². The molecule has 0 spiro atoms. The van der Waals surface area contributed by atoms with E-state index in [1.165, 1.54) is 30.3 Å². The molecule has 6 heteroatoms. The number of benzene rings is 2. The highest BCUT2D eigenvalue weighted by Gasteiger charge is 2.17. The van der Waals surface area contributed by atoms with E-state index in [0.717, 1.165) is 12.1 Å². The van der Waals surface area contributed by atoms with Crippen LogP contribution in [0.2, 0.25) is 0 Å². The number of sulfone groups is 1. The smallest absolute Gasteiger partial charge is 0.182 e. The molecule has 0 aliphatic rings. The van der Waals surface area contributed by atoms with E-state index in [1.807, 2.05) is 0 Å². The van der Waals surface area contributed by atoms with Gasteiger partial charge in [0.05, 0.1) is 10.6 Å². The predicted octanol–water partition coefficient (Wildman–Crippen LogP) is 2.52. The van der Waals surface area contributed by atoms with Crippen molar-refractivity contribution in [1.82, 2.24) is 0 Å². The Morgan fingerprint density at radius 2 is 1.58 bits per heavy atom. The van der Waals surface area contributed by atoms with Crippen LogP contribution in [0.15, 0.2) is 47.4 Å². The topological polar surface area (TPSA) is 60.2 Å². The lowest BCUT2D eigenvalue weighted by Crippen LogP contribution is -2.06. The van der Waals surface area contributed by atoms with E-state index < -0.39 is 21.5 Å². The molecular formula is C13H11F2NO2S. The lowest BCUT2D eigenvalue weighted by molar-refractivity contribution is 0.590. The van der Waals surface area contributed by atoms with Gasteiger partial charge in [-0.1, -0.05) is 12.1 Å². The molecule has 0 amide bonds. The van der Waals surface area contributed by atoms with Crippen LogP contribution in [-0.2, 0) is 15.6 Å². The predicted molar refractivity (Wildman–Crippen MR) is 68.1 cm³/mol. The zero-order valence-electron chi connectivity index (χ0n) is 9.81. The first-order valence-electron chi connectivity index (χ1n) is 5.40. The first kappa shape index (κ1) is 13.5. The molecule has 2 aromatic rings. The van der Waals surface area contributed by atoms with Gasteiger partial charge in [0.15, 0.2) is 9.84 Å².